The van der Waals surface area contributed by atoms with Gasteiger partial charge in [0.1, 0.15) is 11.3 Å². The van der Waals surface area contributed by atoms with Gasteiger partial charge in [-0.15, -0.1) is 0 Å². The molecule has 0 atom stereocenters. The van der Waals surface area contributed by atoms with Gasteiger partial charge in [0.2, 0.25) is 0 Å². The molecule has 1 aliphatic heterocycles. The average Bonchev–Trinajstić information content (AvgIpc) is 3.30. The summed E-state index contributed by atoms with van der Waals surface area (Å²) < 4.78 is 15.8. The fourth-order valence-electron chi connectivity index (χ4n) is 4.90. The largest absolute Gasteiger partial charge is 0.366 e. The number of amides is 1. The van der Waals surface area contributed by atoms with E-state index in [9.17, 15) is 9.18 Å². The highest BCUT2D eigenvalue weighted by Crippen LogP contribution is 2.41. The number of carbonyl (C=O) groups excluding carboxylic acids is 1. The number of hydrogen-bond donors (Lipinski definition) is 2. The summed E-state index contributed by atoms with van der Waals surface area (Å²) >= 11 is 0. The Morgan fingerprint density at radius 3 is 2.71 bits per heavy atom. The summed E-state index contributed by atoms with van der Waals surface area (Å²) in [6.07, 6.45) is 4.89. The predicted octanol–water partition coefficient (Wildman–Crippen LogP) is 3.13. The van der Waals surface area contributed by atoms with Gasteiger partial charge in [-0.1, -0.05) is 6.92 Å². The summed E-state index contributed by atoms with van der Waals surface area (Å²) in [7, 11) is 0. The summed E-state index contributed by atoms with van der Waals surface area (Å²) in [5.41, 5.74) is 9.65. The second-order valence-corrected chi connectivity index (χ2v) is 8.87. The Morgan fingerprint density at radius 2 is 2.07 bits per heavy atom. The van der Waals surface area contributed by atoms with E-state index in [1.165, 1.54) is 37.1 Å². The molecular formula is C21H26FN5O. The van der Waals surface area contributed by atoms with Gasteiger partial charge >= 0.3 is 0 Å². The quantitative estimate of drug-likeness (QED) is 0.726. The van der Waals surface area contributed by atoms with E-state index in [0.717, 1.165) is 43.2 Å². The number of nitrogens with one attached hydrogen (secondary N) is 1. The number of nitrogens with two attached hydrogens (primary N) is 1. The Labute approximate surface area is 162 Å². The smallest absolute Gasteiger partial charge is 0.251 e. The molecule has 0 bridgehead atoms. The van der Waals surface area contributed by atoms with Crippen LogP contribution in [0.5, 0.6) is 0 Å². The molecule has 7 heteroatoms. The SMILES string of the molecule is Cc1[nH]n2c(nc3cc(F)cc(C(N)=O)c32)c1C1(C)CCN(CC2CC2)CC1. The minimum absolute atomic E-state index is 0.00179. The maximum atomic E-state index is 14.0. The maximum Gasteiger partial charge on any atom is 0.251 e. The molecule has 5 rings (SSSR count). The van der Waals surface area contributed by atoms with Crippen LogP contribution in [-0.4, -0.2) is 45.0 Å². The molecule has 2 aliphatic rings. The summed E-state index contributed by atoms with van der Waals surface area (Å²) in [6.45, 7) is 7.75. The van der Waals surface area contributed by atoms with Crippen LogP contribution >= 0.6 is 0 Å². The first-order valence-electron chi connectivity index (χ1n) is 10.1. The number of likely N-dealkylation sites (tertiary alicyclic amines) is 1. The van der Waals surface area contributed by atoms with Gasteiger partial charge < -0.3 is 10.6 Å². The van der Waals surface area contributed by atoms with Crippen molar-refractivity contribution in [3.63, 3.8) is 0 Å². The number of aromatic nitrogens is 3. The number of carbonyl (C=O) groups is 1. The Kier molecular flexibility index (Phi) is 3.81. The third kappa shape index (κ3) is 2.71. The molecule has 3 heterocycles. The highest BCUT2D eigenvalue weighted by Gasteiger charge is 2.38. The molecule has 2 aromatic heterocycles. The van der Waals surface area contributed by atoms with E-state index in [1.807, 2.05) is 6.92 Å². The van der Waals surface area contributed by atoms with Crippen LogP contribution in [0, 0.1) is 18.7 Å². The van der Waals surface area contributed by atoms with Crippen molar-refractivity contribution in [2.24, 2.45) is 11.7 Å². The number of aromatic amines is 1. The summed E-state index contributed by atoms with van der Waals surface area (Å²) in [6, 6.07) is 2.55. The topological polar surface area (TPSA) is 79.4 Å². The molecule has 1 saturated carbocycles. The number of nitrogens with zero attached hydrogens (tertiary/aromatic N) is 3. The molecule has 0 radical (unpaired) electrons. The molecule has 3 aromatic rings. The van der Waals surface area contributed by atoms with Crippen LogP contribution in [0.2, 0.25) is 0 Å². The van der Waals surface area contributed by atoms with E-state index in [2.05, 4.69) is 16.9 Å². The van der Waals surface area contributed by atoms with E-state index in [1.54, 1.807) is 4.52 Å². The lowest BCUT2D eigenvalue weighted by Gasteiger charge is -2.39. The number of primary amides is 1. The van der Waals surface area contributed by atoms with Gasteiger partial charge in [-0.25, -0.2) is 13.9 Å². The van der Waals surface area contributed by atoms with Crippen molar-refractivity contribution in [3.05, 3.63) is 34.8 Å². The van der Waals surface area contributed by atoms with Gasteiger partial charge in [-0.2, -0.15) is 0 Å². The van der Waals surface area contributed by atoms with E-state index in [4.69, 9.17) is 10.7 Å². The second-order valence-electron chi connectivity index (χ2n) is 8.87. The number of imidazole rings is 1. The van der Waals surface area contributed by atoms with Crippen molar-refractivity contribution >= 4 is 22.6 Å². The zero-order valence-corrected chi connectivity index (χ0v) is 16.4. The number of benzene rings is 1. The standard InChI is InChI=1S/C21H26FN5O/c1-12-17(21(2)5-7-26(8-6-21)11-13-3-4-13)20-24-16-10-14(22)9-15(19(23)28)18(16)27(20)25-12/h9-10,13,25H,3-8,11H2,1-2H3,(H2,23,28). The first-order chi connectivity index (χ1) is 13.4. The predicted molar refractivity (Wildman–Crippen MR) is 106 cm³/mol. The Morgan fingerprint density at radius 1 is 1.36 bits per heavy atom. The van der Waals surface area contributed by atoms with Gasteiger partial charge in [0.15, 0.2) is 5.65 Å². The number of halogens is 1. The van der Waals surface area contributed by atoms with Crippen LogP contribution in [0.1, 0.15) is 54.2 Å². The molecule has 2 fully saturated rings. The molecule has 1 aliphatic carbocycles. The van der Waals surface area contributed by atoms with Crippen molar-refractivity contribution in [3.8, 4) is 0 Å². The van der Waals surface area contributed by atoms with Crippen molar-refractivity contribution < 1.29 is 9.18 Å². The van der Waals surface area contributed by atoms with Gasteiger partial charge in [-0.3, -0.25) is 9.89 Å². The van der Waals surface area contributed by atoms with Gasteiger partial charge in [0, 0.05) is 29.3 Å². The van der Waals surface area contributed by atoms with Crippen molar-refractivity contribution in [1.29, 1.82) is 0 Å². The molecule has 6 nitrogen and oxygen atoms in total. The molecule has 0 unspecified atom stereocenters. The summed E-state index contributed by atoms with van der Waals surface area (Å²) in [4.78, 5) is 19.2. The van der Waals surface area contributed by atoms with Gasteiger partial charge in [0.05, 0.1) is 11.1 Å². The number of piperidine rings is 1. The molecule has 1 aromatic carbocycles. The van der Waals surface area contributed by atoms with Crippen LogP contribution in [0.15, 0.2) is 12.1 Å². The fourth-order valence-corrected chi connectivity index (χ4v) is 4.90. The van der Waals surface area contributed by atoms with Crippen LogP contribution in [0.25, 0.3) is 16.7 Å². The first-order valence-corrected chi connectivity index (χ1v) is 10.1. The lowest BCUT2D eigenvalue weighted by atomic mass is 9.74. The van der Waals surface area contributed by atoms with E-state index < -0.39 is 11.7 Å². The average molecular weight is 383 g/mol. The lowest BCUT2D eigenvalue weighted by Crippen LogP contribution is -2.42. The molecule has 148 valence electrons. The number of rotatable bonds is 4. The molecular weight excluding hydrogens is 357 g/mol. The van der Waals surface area contributed by atoms with Crippen molar-refractivity contribution in [2.75, 3.05) is 19.6 Å². The molecule has 1 saturated heterocycles. The van der Waals surface area contributed by atoms with E-state index in [0.29, 0.717) is 11.0 Å². The Hall–Kier alpha value is -2.41. The minimum Gasteiger partial charge on any atom is -0.366 e. The number of aryl methyl sites for hydroxylation is 1. The van der Waals surface area contributed by atoms with Crippen LogP contribution < -0.4 is 5.73 Å². The van der Waals surface area contributed by atoms with Crippen LogP contribution in [-0.2, 0) is 5.41 Å². The van der Waals surface area contributed by atoms with Crippen molar-refractivity contribution in [1.82, 2.24) is 19.5 Å². The van der Waals surface area contributed by atoms with Crippen molar-refractivity contribution in [2.45, 2.75) is 44.9 Å². The highest BCUT2D eigenvalue weighted by atomic mass is 19.1. The molecule has 0 spiro atoms. The van der Waals surface area contributed by atoms with Gasteiger partial charge in [0.25, 0.3) is 5.91 Å². The second kappa shape index (κ2) is 6.04. The third-order valence-corrected chi connectivity index (χ3v) is 6.64. The normalized spacial score (nSPS) is 20.2. The maximum absolute atomic E-state index is 14.0. The van der Waals surface area contributed by atoms with Crippen LogP contribution in [0.3, 0.4) is 0 Å². The third-order valence-electron chi connectivity index (χ3n) is 6.64. The fraction of sp³-hybridized carbons (Fsp3) is 0.524. The number of hydrogen-bond acceptors (Lipinski definition) is 3. The molecule has 1 amide bonds. The first kappa shape index (κ1) is 17.7. The number of fused-ring (bicyclic) bond motifs is 3. The van der Waals surface area contributed by atoms with Crippen LogP contribution in [0.4, 0.5) is 4.39 Å². The highest BCUT2D eigenvalue weighted by molar-refractivity contribution is 6.05. The zero-order chi connectivity index (χ0) is 19.6. The summed E-state index contributed by atoms with van der Waals surface area (Å²) in [5.74, 6) is -0.246. The van der Waals surface area contributed by atoms with E-state index in [-0.39, 0.29) is 11.0 Å². The molecule has 3 N–H and O–H groups in total. The van der Waals surface area contributed by atoms with Gasteiger partial charge in [-0.05, 0) is 57.7 Å². The number of H-pyrrole nitrogens is 1. The Balaban J connectivity index is 1.59. The lowest BCUT2D eigenvalue weighted by molar-refractivity contribution is 0.100. The monoisotopic (exact) mass is 383 g/mol. The minimum atomic E-state index is -0.653. The summed E-state index contributed by atoms with van der Waals surface area (Å²) in [5, 5.41) is 3.35. The zero-order valence-electron chi connectivity index (χ0n) is 16.4. The van der Waals surface area contributed by atoms with E-state index >= 15 is 0 Å². The molecule has 28 heavy (non-hydrogen) atoms. The Bertz CT molecular complexity index is 1090.